The van der Waals surface area contributed by atoms with Crippen LogP contribution in [0.15, 0.2) is 85.1 Å². The van der Waals surface area contributed by atoms with Gasteiger partial charge < -0.3 is 28.8 Å². The molecule has 0 aliphatic carbocycles. The van der Waals surface area contributed by atoms with E-state index in [9.17, 15) is 19.4 Å². The first-order valence-electron chi connectivity index (χ1n) is 25.4. The molecule has 2 N–H and O–H groups in total. The van der Waals surface area contributed by atoms with Gasteiger partial charge in [0.1, 0.15) is 13.2 Å². The van der Waals surface area contributed by atoms with Crippen molar-refractivity contribution in [3.8, 4) is 0 Å². The third-order valence-electron chi connectivity index (χ3n) is 10.8. The maximum atomic E-state index is 12.9. The van der Waals surface area contributed by atoms with Crippen LogP contribution in [-0.4, -0.2) is 68.5 Å². The van der Waals surface area contributed by atoms with Crippen LogP contribution in [0.5, 0.6) is 0 Å². The summed E-state index contributed by atoms with van der Waals surface area (Å²) in [6, 6.07) is -0.926. The smallest absolute Gasteiger partial charge is 0.268 e. The number of likely N-dealkylation sites (N-methyl/N-ethyl adjacent to an activating group) is 1. The number of nitrogens with one attached hydrogen (secondary N) is 1. The first-order chi connectivity index (χ1) is 30.5. The predicted octanol–water partition coefficient (Wildman–Crippen LogP) is 14.3. The Labute approximate surface area is 388 Å². The normalized spacial score (nSPS) is 14.8. The number of aliphatic hydroxyl groups excluding tert-OH is 1. The van der Waals surface area contributed by atoms with E-state index in [-0.39, 0.29) is 18.9 Å². The minimum atomic E-state index is -4.62. The van der Waals surface area contributed by atoms with Gasteiger partial charge in [-0.1, -0.05) is 202 Å². The highest BCUT2D eigenvalue weighted by molar-refractivity contribution is 7.45. The lowest BCUT2D eigenvalue weighted by Gasteiger charge is -2.29. The first kappa shape index (κ1) is 60.7. The zero-order chi connectivity index (χ0) is 46.4. The Morgan fingerprint density at radius 2 is 0.984 bits per heavy atom. The van der Waals surface area contributed by atoms with Crippen LogP contribution in [0.3, 0.4) is 0 Å². The molecule has 0 rings (SSSR count). The Kier molecular flexibility index (Phi) is 43.2. The molecule has 8 nitrogen and oxygen atoms in total. The molecular weight excluding hydrogens is 804 g/mol. The Morgan fingerprint density at radius 1 is 0.571 bits per heavy atom. The van der Waals surface area contributed by atoms with Crippen LogP contribution in [-0.2, 0) is 18.4 Å². The maximum Gasteiger partial charge on any atom is 0.268 e. The van der Waals surface area contributed by atoms with Crippen molar-refractivity contribution in [2.45, 2.75) is 212 Å². The number of rotatable bonds is 45. The van der Waals surface area contributed by atoms with E-state index in [0.717, 1.165) is 70.6 Å². The van der Waals surface area contributed by atoms with Crippen LogP contribution in [0.25, 0.3) is 0 Å². The van der Waals surface area contributed by atoms with E-state index in [1.54, 1.807) is 6.08 Å². The number of carbonyl (C=O) groups excluding carboxylic acids is 1. The van der Waals surface area contributed by atoms with Crippen molar-refractivity contribution in [1.82, 2.24) is 5.32 Å². The predicted molar refractivity (Wildman–Crippen MR) is 270 cm³/mol. The van der Waals surface area contributed by atoms with Gasteiger partial charge in [-0.15, -0.1) is 0 Å². The number of aliphatic hydroxyl groups is 1. The molecule has 0 aliphatic heterocycles. The van der Waals surface area contributed by atoms with E-state index in [4.69, 9.17) is 9.05 Å². The molecular formula is C54H97N2O6P. The van der Waals surface area contributed by atoms with Crippen molar-refractivity contribution in [2.75, 3.05) is 40.9 Å². The molecule has 1 amide bonds. The summed E-state index contributed by atoms with van der Waals surface area (Å²) in [6.07, 6.45) is 62.2. The van der Waals surface area contributed by atoms with E-state index < -0.39 is 26.6 Å². The summed E-state index contributed by atoms with van der Waals surface area (Å²) in [6.45, 7) is 4.48. The highest BCUT2D eigenvalue weighted by atomic mass is 31.2. The topological polar surface area (TPSA) is 108 Å². The summed E-state index contributed by atoms with van der Waals surface area (Å²) in [5, 5.41) is 13.8. The lowest BCUT2D eigenvalue weighted by molar-refractivity contribution is -0.870. The largest absolute Gasteiger partial charge is 0.756 e. The number of allylic oxidation sites excluding steroid dienone is 13. The molecule has 0 fully saturated rings. The highest BCUT2D eigenvalue weighted by Gasteiger charge is 2.23. The summed E-state index contributed by atoms with van der Waals surface area (Å²) in [7, 11) is 1.21. The molecule has 364 valence electrons. The van der Waals surface area contributed by atoms with Crippen molar-refractivity contribution >= 4 is 13.7 Å². The summed E-state index contributed by atoms with van der Waals surface area (Å²) in [4.78, 5) is 25.4. The van der Waals surface area contributed by atoms with E-state index in [1.165, 1.54) is 103 Å². The molecule has 0 bridgehead atoms. The van der Waals surface area contributed by atoms with E-state index >= 15 is 0 Å². The average Bonchev–Trinajstić information content (AvgIpc) is 3.24. The fourth-order valence-corrected chi connectivity index (χ4v) is 7.56. The number of unbranched alkanes of at least 4 members (excludes halogenated alkanes) is 20. The van der Waals surface area contributed by atoms with Gasteiger partial charge in [-0.3, -0.25) is 9.36 Å². The Bertz CT molecular complexity index is 1300. The van der Waals surface area contributed by atoms with Crippen molar-refractivity contribution in [3.05, 3.63) is 85.1 Å². The third-order valence-corrected chi connectivity index (χ3v) is 11.8. The summed E-state index contributed by atoms with van der Waals surface area (Å²) >= 11 is 0. The number of phosphoric acid groups is 1. The van der Waals surface area contributed by atoms with Gasteiger partial charge >= 0.3 is 0 Å². The minimum absolute atomic E-state index is 0.0175. The van der Waals surface area contributed by atoms with Crippen LogP contribution in [0.4, 0.5) is 0 Å². The van der Waals surface area contributed by atoms with Gasteiger partial charge in [0.25, 0.3) is 7.82 Å². The molecule has 63 heavy (non-hydrogen) atoms. The number of quaternary nitrogens is 1. The van der Waals surface area contributed by atoms with Crippen LogP contribution < -0.4 is 10.2 Å². The lowest BCUT2D eigenvalue weighted by atomic mass is 10.0. The monoisotopic (exact) mass is 901 g/mol. The van der Waals surface area contributed by atoms with Crippen LogP contribution in [0.1, 0.15) is 200 Å². The van der Waals surface area contributed by atoms with Crippen molar-refractivity contribution < 1.29 is 32.9 Å². The van der Waals surface area contributed by atoms with Gasteiger partial charge in [0.15, 0.2) is 0 Å². The Balaban J connectivity index is 4.45. The number of hydrogen-bond acceptors (Lipinski definition) is 6. The molecule has 0 spiro atoms. The first-order valence-corrected chi connectivity index (χ1v) is 26.9. The number of hydrogen-bond donors (Lipinski definition) is 2. The second-order valence-electron chi connectivity index (χ2n) is 18.1. The SMILES string of the molecule is CC/C=C\C/C=C\C/C=C\C/C=C\C/C=C\CCCCCC(=O)NC(COP(=O)([O-])OCC[N+](C)(C)C)C(O)/C=C/CC/C=C/CCCCCCCCCCCCCCCCCC. The molecule has 0 aromatic heterocycles. The third kappa shape index (κ3) is 47.5. The zero-order valence-corrected chi connectivity index (χ0v) is 42.1. The maximum absolute atomic E-state index is 12.9. The van der Waals surface area contributed by atoms with Crippen LogP contribution in [0.2, 0.25) is 0 Å². The second kappa shape index (κ2) is 44.9. The molecule has 0 saturated carbocycles. The Hall–Kier alpha value is -2.32. The number of phosphoric ester groups is 1. The Morgan fingerprint density at radius 3 is 1.48 bits per heavy atom. The van der Waals surface area contributed by atoms with Gasteiger partial charge in [-0.25, -0.2) is 0 Å². The molecule has 0 aromatic rings. The van der Waals surface area contributed by atoms with Gasteiger partial charge in [-0.2, -0.15) is 0 Å². The summed E-state index contributed by atoms with van der Waals surface area (Å²) in [5.74, 6) is -0.241. The molecule has 3 unspecified atom stereocenters. The molecule has 0 saturated heterocycles. The molecule has 0 aromatic carbocycles. The van der Waals surface area contributed by atoms with Crippen LogP contribution >= 0.6 is 7.82 Å². The molecule has 0 heterocycles. The van der Waals surface area contributed by atoms with E-state index in [2.05, 4.69) is 92.1 Å². The zero-order valence-electron chi connectivity index (χ0n) is 41.2. The molecule has 0 radical (unpaired) electrons. The average molecular weight is 901 g/mol. The fourth-order valence-electron chi connectivity index (χ4n) is 6.84. The molecule has 0 aliphatic rings. The van der Waals surface area contributed by atoms with Gasteiger partial charge in [-0.05, 0) is 77.0 Å². The standard InChI is InChI=1S/C54H97N2O6P/c1-6-8-10-12-14-16-18-20-22-24-26-27-28-30-31-33-35-37-39-41-43-45-47-53(57)52(51-62-63(59,60)61-50-49-56(3,4)5)55-54(58)48-46-44-42-40-38-36-34-32-29-25-23-21-19-17-15-13-11-9-7-2/h9,11,15,17,21,23,29,32,36-39,45,47,52-53,57H,6-8,10,12-14,16,18-20,22,24-28,30-31,33-35,40-44,46,48-51H2,1-5H3,(H-,55,58,59,60)/b11-9-,17-15-,23-21-,32-29-,38-36-,39-37+,47-45+. The minimum Gasteiger partial charge on any atom is -0.756 e. The quantitative estimate of drug-likeness (QED) is 0.0273. The summed E-state index contributed by atoms with van der Waals surface area (Å²) < 4.78 is 23.2. The van der Waals surface area contributed by atoms with Gasteiger partial charge in [0.05, 0.1) is 39.9 Å². The van der Waals surface area contributed by atoms with Crippen molar-refractivity contribution in [2.24, 2.45) is 0 Å². The van der Waals surface area contributed by atoms with E-state index in [0.29, 0.717) is 17.4 Å². The van der Waals surface area contributed by atoms with Crippen molar-refractivity contribution in [3.63, 3.8) is 0 Å². The van der Waals surface area contributed by atoms with Gasteiger partial charge in [0.2, 0.25) is 5.91 Å². The van der Waals surface area contributed by atoms with Crippen molar-refractivity contribution in [1.29, 1.82) is 0 Å². The molecule has 9 heteroatoms. The summed E-state index contributed by atoms with van der Waals surface area (Å²) in [5.41, 5.74) is 0. The fraction of sp³-hybridized carbons (Fsp3) is 0.722. The highest BCUT2D eigenvalue weighted by Crippen LogP contribution is 2.38. The lowest BCUT2D eigenvalue weighted by Crippen LogP contribution is -2.45. The number of carbonyl (C=O) groups is 1. The number of amides is 1. The second-order valence-corrected chi connectivity index (χ2v) is 19.5. The van der Waals surface area contributed by atoms with Gasteiger partial charge in [0, 0.05) is 6.42 Å². The van der Waals surface area contributed by atoms with E-state index in [1.807, 2.05) is 27.2 Å². The van der Waals surface area contributed by atoms with Crippen LogP contribution in [0, 0.1) is 0 Å². The number of nitrogens with zero attached hydrogens (tertiary/aromatic N) is 1. The molecule has 3 atom stereocenters.